The molecule has 2 N–H and O–H groups in total. The van der Waals surface area contributed by atoms with Crippen molar-refractivity contribution in [2.45, 2.75) is 32.3 Å². The van der Waals surface area contributed by atoms with Gasteiger partial charge in [0.05, 0.1) is 17.0 Å². The molecule has 0 bridgehead atoms. The molecule has 6 nitrogen and oxygen atoms in total. The van der Waals surface area contributed by atoms with Crippen LogP contribution in [0.5, 0.6) is 5.75 Å². The van der Waals surface area contributed by atoms with Gasteiger partial charge in [0, 0.05) is 5.69 Å². The van der Waals surface area contributed by atoms with E-state index in [0.29, 0.717) is 16.5 Å². The van der Waals surface area contributed by atoms with Crippen LogP contribution in [0.1, 0.15) is 23.6 Å². The second-order valence-corrected chi connectivity index (χ2v) is 8.78. The Labute approximate surface area is 197 Å². The maximum absolute atomic E-state index is 12.6. The molecule has 33 heavy (non-hydrogen) atoms. The number of aryl methyl sites for hydroxylation is 3. The molecule has 4 aromatic rings. The number of rotatable bonds is 7. The fourth-order valence-corrected chi connectivity index (χ4v) is 4.37. The number of hydrogen-bond acceptors (Lipinski definition) is 5. The molecule has 0 aliphatic rings. The molecule has 0 aliphatic carbocycles. The minimum absolute atomic E-state index is 0.122. The largest absolute Gasteiger partial charge is 0.507 e. The number of phenolic OH excluding ortho intramolecular Hbond substituents is 1. The maximum atomic E-state index is 12.6. The number of benzene rings is 3. The summed E-state index contributed by atoms with van der Waals surface area (Å²) in [6, 6.07) is 21.0. The van der Waals surface area contributed by atoms with Gasteiger partial charge in [-0.05, 0) is 61.7 Å². The second-order valence-electron chi connectivity index (χ2n) is 7.84. The van der Waals surface area contributed by atoms with Crippen molar-refractivity contribution in [3.63, 3.8) is 0 Å². The third-order valence-corrected chi connectivity index (χ3v) is 6.28. The third-order valence-electron chi connectivity index (χ3n) is 5.35. The van der Waals surface area contributed by atoms with Crippen LogP contribution >= 0.6 is 11.8 Å². The molecule has 3 aromatic carbocycles. The van der Waals surface area contributed by atoms with Crippen molar-refractivity contribution < 1.29 is 9.90 Å². The Bertz CT molecular complexity index is 1280. The molecule has 0 radical (unpaired) electrons. The van der Waals surface area contributed by atoms with Crippen LogP contribution in [0.2, 0.25) is 0 Å². The van der Waals surface area contributed by atoms with E-state index in [-0.39, 0.29) is 17.4 Å². The Hall–Kier alpha value is -3.58. The summed E-state index contributed by atoms with van der Waals surface area (Å²) in [7, 11) is 0. The number of para-hydroxylation sites is 1. The van der Waals surface area contributed by atoms with Gasteiger partial charge in [0.15, 0.2) is 11.0 Å². The van der Waals surface area contributed by atoms with E-state index in [1.54, 1.807) is 18.2 Å². The zero-order valence-corrected chi connectivity index (χ0v) is 19.7. The lowest BCUT2D eigenvalue weighted by Crippen LogP contribution is -2.14. The molecular weight excluding hydrogens is 432 g/mol. The predicted octanol–water partition coefficient (Wildman–Crippen LogP) is 5.55. The Morgan fingerprint density at radius 3 is 2.48 bits per heavy atom. The molecule has 7 heteroatoms. The van der Waals surface area contributed by atoms with E-state index in [9.17, 15) is 9.90 Å². The highest BCUT2D eigenvalue weighted by Gasteiger charge is 2.20. The van der Waals surface area contributed by atoms with Crippen LogP contribution < -0.4 is 5.32 Å². The molecule has 0 spiro atoms. The molecule has 1 aromatic heterocycles. The van der Waals surface area contributed by atoms with Crippen LogP contribution in [-0.2, 0) is 11.2 Å². The van der Waals surface area contributed by atoms with Gasteiger partial charge in [-0.3, -0.25) is 9.36 Å². The number of carbonyl (C=O) groups is 1. The molecule has 0 saturated carbocycles. The minimum Gasteiger partial charge on any atom is -0.507 e. The van der Waals surface area contributed by atoms with Crippen LogP contribution in [-0.4, -0.2) is 31.5 Å². The summed E-state index contributed by atoms with van der Waals surface area (Å²) in [5.74, 6) is 0.710. The number of carbonyl (C=O) groups excluding carboxylic acids is 1. The number of hydrogen-bond donors (Lipinski definition) is 2. The highest BCUT2D eigenvalue weighted by atomic mass is 32.2. The quantitative estimate of drug-likeness (QED) is 0.355. The Morgan fingerprint density at radius 1 is 1.03 bits per heavy atom. The lowest BCUT2D eigenvalue weighted by molar-refractivity contribution is -0.113. The summed E-state index contributed by atoms with van der Waals surface area (Å²) in [6.45, 7) is 6.16. The zero-order chi connectivity index (χ0) is 23.4. The first kappa shape index (κ1) is 22.6. The fraction of sp³-hybridized carbons (Fsp3) is 0.192. The van der Waals surface area contributed by atoms with E-state index in [2.05, 4.69) is 28.5 Å². The molecule has 0 aliphatic heterocycles. The standard InChI is InChI=1S/C26H26N4O2S/c1-4-19-10-12-20(13-11-19)27-24(32)16-33-26-29-28-25(21-7-5-6-8-23(21)31)30(26)22-14-9-17(2)15-18(22)3/h5-15,31H,4,16H2,1-3H3,(H,27,32). The molecule has 4 rings (SSSR count). The summed E-state index contributed by atoms with van der Waals surface area (Å²) in [4.78, 5) is 12.6. The SMILES string of the molecule is CCc1ccc(NC(=O)CSc2nnc(-c3ccccc3O)n2-c2ccc(C)cc2C)cc1. The summed E-state index contributed by atoms with van der Waals surface area (Å²) >= 11 is 1.31. The van der Waals surface area contributed by atoms with Gasteiger partial charge in [-0.15, -0.1) is 10.2 Å². The van der Waals surface area contributed by atoms with Crippen molar-refractivity contribution in [2.75, 3.05) is 11.1 Å². The van der Waals surface area contributed by atoms with Crippen LogP contribution in [0.3, 0.4) is 0 Å². The zero-order valence-electron chi connectivity index (χ0n) is 18.9. The Kier molecular flexibility index (Phi) is 6.79. The fourth-order valence-electron chi connectivity index (χ4n) is 3.62. The normalized spacial score (nSPS) is 10.9. The number of aromatic nitrogens is 3. The number of anilines is 1. The molecule has 0 fully saturated rings. The van der Waals surface area contributed by atoms with Gasteiger partial charge in [0.25, 0.3) is 0 Å². The van der Waals surface area contributed by atoms with Gasteiger partial charge in [-0.1, -0.05) is 60.6 Å². The monoisotopic (exact) mass is 458 g/mol. The third kappa shape index (κ3) is 5.09. The topological polar surface area (TPSA) is 80.0 Å². The Morgan fingerprint density at radius 2 is 1.79 bits per heavy atom. The van der Waals surface area contributed by atoms with Crippen molar-refractivity contribution in [2.24, 2.45) is 0 Å². The summed E-state index contributed by atoms with van der Waals surface area (Å²) in [5, 5.41) is 22.7. The van der Waals surface area contributed by atoms with Gasteiger partial charge in [0.2, 0.25) is 5.91 Å². The summed E-state index contributed by atoms with van der Waals surface area (Å²) in [6.07, 6.45) is 0.956. The van der Waals surface area contributed by atoms with Gasteiger partial charge in [-0.2, -0.15) is 0 Å². The van der Waals surface area contributed by atoms with Gasteiger partial charge in [-0.25, -0.2) is 0 Å². The number of amides is 1. The molecular formula is C26H26N4O2S. The number of phenols is 1. The van der Waals surface area contributed by atoms with E-state index in [4.69, 9.17) is 0 Å². The Balaban J connectivity index is 1.62. The first-order chi connectivity index (χ1) is 16.0. The van der Waals surface area contributed by atoms with E-state index in [1.807, 2.05) is 60.9 Å². The number of nitrogens with one attached hydrogen (secondary N) is 1. The van der Waals surface area contributed by atoms with E-state index >= 15 is 0 Å². The number of thioether (sulfide) groups is 1. The molecule has 168 valence electrons. The first-order valence-electron chi connectivity index (χ1n) is 10.8. The van der Waals surface area contributed by atoms with Crippen LogP contribution in [0.25, 0.3) is 17.1 Å². The van der Waals surface area contributed by atoms with Crippen molar-refractivity contribution in [1.29, 1.82) is 0 Å². The second kappa shape index (κ2) is 9.92. The van der Waals surface area contributed by atoms with Crippen LogP contribution in [0, 0.1) is 13.8 Å². The number of nitrogens with zero attached hydrogens (tertiary/aromatic N) is 3. The molecule has 0 atom stereocenters. The smallest absolute Gasteiger partial charge is 0.234 e. The summed E-state index contributed by atoms with van der Waals surface area (Å²) in [5.41, 5.74) is 5.67. The maximum Gasteiger partial charge on any atom is 0.234 e. The van der Waals surface area contributed by atoms with E-state index in [0.717, 1.165) is 28.9 Å². The molecule has 1 heterocycles. The van der Waals surface area contributed by atoms with Gasteiger partial charge >= 0.3 is 0 Å². The lowest BCUT2D eigenvalue weighted by atomic mass is 10.1. The lowest BCUT2D eigenvalue weighted by Gasteiger charge is -2.14. The predicted molar refractivity (Wildman–Crippen MR) is 133 cm³/mol. The van der Waals surface area contributed by atoms with Crippen LogP contribution in [0.4, 0.5) is 5.69 Å². The van der Waals surface area contributed by atoms with Crippen molar-refractivity contribution >= 4 is 23.4 Å². The van der Waals surface area contributed by atoms with Crippen molar-refractivity contribution in [3.05, 3.63) is 83.4 Å². The minimum atomic E-state index is -0.122. The van der Waals surface area contributed by atoms with Crippen molar-refractivity contribution in [1.82, 2.24) is 14.8 Å². The summed E-state index contributed by atoms with van der Waals surface area (Å²) < 4.78 is 1.90. The van der Waals surface area contributed by atoms with E-state index in [1.165, 1.54) is 17.3 Å². The van der Waals surface area contributed by atoms with Gasteiger partial charge in [0.1, 0.15) is 5.75 Å². The van der Waals surface area contributed by atoms with Gasteiger partial charge < -0.3 is 10.4 Å². The average molecular weight is 459 g/mol. The average Bonchev–Trinajstić information content (AvgIpc) is 3.22. The number of aromatic hydroxyl groups is 1. The molecule has 0 unspecified atom stereocenters. The first-order valence-corrected chi connectivity index (χ1v) is 11.8. The highest BCUT2D eigenvalue weighted by molar-refractivity contribution is 7.99. The van der Waals surface area contributed by atoms with E-state index < -0.39 is 0 Å². The molecule has 0 saturated heterocycles. The van der Waals surface area contributed by atoms with Crippen LogP contribution in [0.15, 0.2) is 71.9 Å². The molecule has 1 amide bonds. The highest BCUT2D eigenvalue weighted by Crippen LogP contribution is 2.33. The van der Waals surface area contributed by atoms with Crippen molar-refractivity contribution in [3.8, 4) is 22.8 Å².